The topological polar surface area (TPSA) is 76.7 Å². The standard InChI is InChI=1S/C26H39N6/c1-8-9-16-28-24-23-22(30-25(27)31-24)15-14-21(29-23)18(2)20-12-10-19(11-13-20)17-32(6,7)26(3,4)5/h10-15,18H,8-9,16-17H2,1-7H3,(H3,27,28,30,31)/q+1. The van der Waals surface area contributed by atoms with E-state index in [1.165, 1.54) is 11.1 Å². The number of quaternary nitrogens is 1. The number of nitrogens with one attached hydrogen (secondary N) is 1. The first-order valence-corrected chi connectivity index (χ1v) is 11.6. The van der Waals surface area contributed by atoms with Gasteiger partial charge in [-0.2, -0.15) is 4.98 Å². The van der Waals surface area contributed by atoms with Crippen molar-refractivity contribution in [2.24, 2.45) is 0 Å². The molecule has 1 unspecified atom stereocenters. The third kappa shape index (κ3) is 5.36. The van der Waals surface area contributed by atoms with Crippen LogP contribution in [-0.2, 0) is 6.54 Å². The number of fused-ring (bicyclic) bond motifs is 1. The van der Waals surface area contributed by atoms with Crippen molar-refractivity contribution in [2.45, 2.75) is 65.5 Å². The van der Waals surface area contributed by atoms with Gasteiger partial charge in [0, 0.05) is 23.7 Å². The largest absolute Gasteiger partial charge is 0.368 e. The highest BCUT2D eigenvalue weighted by atomic mass is 15.4. The Bertz CT molecular complexity index is 1050. The molecule has 0 aliphatic carbocycles. The minimum Gasteiger partial charge on any atom is -0.368 e. The van der Waals surface area contributed by atoms with Crippen LogP contribution in [0.5, 0.6) is 0 Å². The summed E-state index contributed by atoms with van der Waals surface area (Å²) in [7, 11) is 4.58. The van der Waals surface area contributed by atoms with Crippen LogP contribution in [0.2, 0.25) is 0 Å². The molecule has 0 amide bonds. The highest BCUT2D eigenvalue weighted by Crippen LogP contribution is 2.28. The maximum absolute atomic E-state index is 5.91. The molecular formula is C26H39N6+. The maximum atomic E-state index is 5.91. The summed E-state index contributed by atoms with van der Waals surface area (Å²) in [6, 6.07) is 13.0. The second kappa shape index (κ2) is 9.41. The van der Waals surface area contributed by atoms with Gasteiger partial charge in [0.25, 0.3) is 0 Å². The van der Waals surface area contributed by atoms with Crippen LogP contribution in [-0.4, -0.2) is 45.6 Å². The molecule has 6 nitrogen and oxygen atoms in total. The maximum Gasteiger partial charge on any atom is 0.222 e. The van der Waals surface area contributed by atoms with Gasteiger partial charge in [-0.3, -0.25) is 0 Å². The molecule has 0 fully saturated rings. The predicted molar refractivity (Wildman–Crippen MR) is 135 cm³/mol. The van der Waals surface area contributed by atoms with Crippen LogP contribution in [0.4, 0.5) is 11.8 Å². The molecule has 0 spiro atoms. The van der Waals surface area contributed by atoms with Gasteiger partial charge in [-0.25, -0.2) is 9.97 Å². The second-order valence-electron chi connectivity index (χ2n) is 10.3. The van der Waals surface area contributed by atoms with Gasteiger partial charge in [0.2, 0.25) is 5.95 Å². The molecule has 3 rings (SSSR count). The fourth-order valence-corrected chi connectivity index (χ4v) is 3.57. The molecule has 172 valence electrons. The van der Waals surface area contributed by atoms with Gasteiger partial charge in [-0.1, -0.05) is 44.5 Å². The van der Waals surface area contributed by atoms with Gasteiger partial charge in [0.05, 0.1) is 25.2 Å². The molecule has 1 atom stereocenters. The van der Waals surface area contributed by atoms with E-state index in [0.29, 0.717) is 5.82 Å². The average Bonchev–Trinajstić information content (AvgIpc) is 2.72. The summed E-state index contributed by atoms with van der Waals surface area (Å²) < 4.78 is 0.936. The summed E-state index contributed by atoms with van der Waals surface area (Å²) in [6.07, 6.45) is 2.18. The smallest absolute Gasteiger partial charge is 0.222 e. The SMILES string of the molecule is CCCCNc1nc(N)nc2ccc(C(C)c3ccc(C[N+](C)(C)C(C)(C)C)cc3)nc12. The number of nitrogen functional groups attached to an aromatic ring is 1. The van der Waals surface area contributed by atoms with Crippen LogP contribution in [0.1, 0.15) is 70.2 Å². The van der Waals surface area contributed by atoms with E-state index in [2.05, 4.69) is 88.3 Å². The van der Waals surface area contributed by atoms with Crippen LogP contribution in [0, 0.1) is 0 Å². The van der Waals surface area contributed by atoms with E-state index >= 15 is 0 Å². The third-order valence-corrected chi connectivity index (χ3v) is 6.72. The van der Waals surface area contributed by atoms with Crippen LogP contribution >= 0.6 is 0 Å². The van der Waals surface area contributed by atoms with Crippen molar-refractivity contribution in [2.75, 3.05) is 31.7 Å². The highest BCUT2D eigenvalue weighted by Gasteiger charge is 2.31. The minimum atomic E-state index is 0.166. The fraction of sp³-hybridized carbons (Fsp3) is 0.500. The molecule has 3 aromatic rings. The summed E-state index contributed by atoms with van der Waals surface area (Å²) in [5.41, 5.74) is 11.2. The lowest BCUT2D eigenvalue weighted by molar-refractivity contribution is -0.948. The number of rotatable bonds is 8. The molecule has 32 heavy (non-hydrogen) atoms. The van der Waals surface area contributed by atoms with Crippen molar-refractivity contribution in [1.82, 2.24) is 15.0 Å². The van der Waals surface area contributed by atoms with E-state index in [1.54, 1.807) is 0 Å². The van der Waals surface area contributed by atoms with E-state index in [-0.39, 0.29) is 17.4 Å². The Morgan fingerprint density at radius 1 is 1.00 bits per heavy atom. The summed E-state index contributed by atoms with van der Waals surface area (Å²) in [5.74, 6) is 1.15. The van der Waals surface area contributed by atoms with Gasteiger partial charge >= 0.3 is 0 Å². The normalized spacial score (nSPS) is 13.3. The van der Waals surface area contributed by atoms with Crippen molar-refractivity contribution in [3.05, 3.63) is 53.2 Å². The van der Waals surface area contributed by atoms with E-state index in [0.717, 1.165) is 47.1 Å². The summed E-state index contributed by atoms with van der Waals surface area (Å²) in [4.78, 5) is 13.7. The molecule has 0 bridgehead atoms. The van der Waals surface area contributed by atoms with E-state index < -0.39 is 0 Å². The van der Waals surface area contributed by atoms with Crippen LogP contribution in [0.15, 0.2) is 36.4 Å². The molecule has 6 heteroatoms. The zero-order valence-corrected chi connectivity index (χ0v) is 20.7. The van der Waals surface area contributed by atoms with Crippen molar-refractivity contribution in [3.63, 3.8) is 0 Å². The molecule has 0 saturated carbocycles. The number of nitrogens with zero attached hydrogens (tertiary/aromatic N) is 4. The molecule has 0 aliphatic heterocycles. The quantitative estimate of drug-likeness (QED) is 0.369. The fourth-order valence-electron chi connectivity index (χ4n) is 3.57. The number of hydrogen-bond acceptors (Lipinski definition) is 5. The number of benzene rings is 1. The first-order valence-electron chi connectivity index (χ1n) is 11.6. The van der Waals surface area contributed by atoms with Crippen molar-refractivity contribution in [3.8, 4) is 0 Å². The van der Waals surface area contributed by atoms with Crippen LogP contribution in [0.25, 0.3) is 11.0 Å². The Morgan fingerprint density at radius 3 is 2.31 bits per heavy atom. The molecule has 0 radical (unpaired) electrons. The second-order valence-corrected chi connectivity index (χ2v) is 10.3. The molecule has 0 saturated heterocycles. The van der Waals surface area contributed by atoms with E-state index in [9.17, 15) is 0 Å². The Hall–Kier alpha value is -2.73. The summed E-state index contributed by atoms with van der Waals surface area (Å²) in [6.45, 7) is 13.1. The van der Waals surface area contributed by atoms with E-state index in [4.69, 9.17) is 10.7 Å². The average molecular weight is 436 g/mol. The zero-order chi connectivity index (χ0) is 23.5. The number of nitrogens with two attached hydrogens (primary N) is 1. The lowest BCUT2D eigenvalue weighted by atomic mass is 9.95. The van der Waals surface area contributed by atoms with Gasteiger partial charge in [0.1, 0.15) is 12.1 Å². The molecule has 0 aliphatic rings. The Balaban J connectivity index is 1.85. The molecule has 2 heterocycles. The minimum absolute atomic E-state index is 0.166. The Kier molecular flexibility index (Phi) is 7.03. The number of aromatic nitrogens is 3. The predicted octanol–water partition coefficient (Wildman–Crippen LogP) is 5.35. The lowest BCUT2D eigenvalue weighted by Gasteiger charge is -2.42. The van der Waals surface area contributed by atoms with Crippen molar-refractivity contribution < 1.29 is 4.48 Å². The molecule has 1 aromatic carbocycles. The summed E-state index contributed by atoms with van der Waals surface area (Å²) in [5, 5.41) is 3.38. The molecular weight excluding hydrogens is 396 g/mol. The number of hydrogen-bond donors (Lipinski definition) is 2. The highest BCUT2D eigenvalue weighted by molar-refractivity contribution is 5.86. The van der Waals surface area contributed by atoms with Gasteiger partial charge in [0.15, 0.2) is 5.82 Å². The van der Waals surface area contributed by atoms with E-state index in [1.807, 2.05) is 12.1 Å². The van der Waals surface area contributed by atoms with Gasteiger partial charge in [-0.05, 0) is 44.9 Å². The van der Waals surface area contributed by atoms with Gasteiger partial charge in [-0.15, -0.1) is 0 Å². The third-order valence-electron chi connectivity index (χ3n) is 6.72. The van der Waals surface area contributed by atoms with Gasteiger partial charge < -0.3 is 15.5 Å². The van der Waals surface area contributed by atoms with Crippen LogP contribution < -0.4 is 11.1 Å². The molecule has 2 aromatic heterocycles. The first-order chi connectivity index (χ1) is 15.0. The number of anilines is 2. The Morgan fingerprint density at radius 2 is 1.69 bits per heavy atom. The van der Waals surface area contributed by atoms with Crippen molar-refractivity contribution >= 4 is 22.8 Å². The lowest BCUT2D eigenvalue weighted by Crippen LogP contribution is -2.53. The van der Waals surface area contributed by atoms with Crippen LogP contribution in [0.3, 0.4) is 0 Å². The monoisotopic (exact) mass is 435 g/mol. The summed E-state index contributed by atoms with van der Waals surface area (Å²) >= 11 is 0. The number of pyridine rings is 1. The number of unbranched alkanes of at least 4 members (excludes halogenated alkanes) is 1. The zero-order valence-electron chi connectivity index (χ0n) is 20.7. The van der Waals surface area contributed by atoms with Crippen molar-refractivity contribution in [1.29, 1.82) is 0 Å². The first kappa shape index (κ1) is 23.9. The molecule has 3 N–H and O–H groups in total. The Labute approximate surface area is 192 Å².